The second-order valence-electron chi connectivity index (χ2n) is 3.41. The third-order valence-electron chi connectivity index (χ3n) is 1.99. The zero-order valence-corrected chi connectivity index (χ0v) is 11.2. The maximum absolute atomic E-state index is 11.9. The molecule has 0 unspecified atom stereocenters. The SMILES string of the molecule is Cc1csc(NC(=O)c2csc(C#CCO)c2)n1. The molecule has 0 aromatic carbocycles. The van der Waals surface area contributed by atoms with Gasteiger partial charge < -0.3 is 5.11 Å². The average Bonchev–Trinajstić information content (AvgIpc) is 2.96. The standard InChI is InChI=1S/C12H10N2O2S2/c1-8-6-18-12(13-8)14-11(16)9-5-10(17-7-9)3-2-4-15/h5-7,15H,4H2,1H3,(H,13,14,16). The Morgan fingerprint density at radius 2 is 2.33 bits per heavy atom. The van der Waals surface area contributed by atoms with Gasteiger partial charge in [0, 0.05) is 10.8 Å². The predicted molar refractivity (Wildman–Crippen MR) is 73.1 cm³/mol. The number of hydrogen-bond acceptors (Lipinski definition) is 5. The molecule has 6 heteroatoms. The number of thiophene rings is 1. The molecular formula is C12H10N2O2S2. The number of aryl methyl sites for hydroxylation is 1. The largest absolute Gasteiger partial charge is 0.384 e. The van der Waals surface area contributed by atoms with Gasteiger partial charge in [-0.2, -0.15) is 0 Å². The van der Waals surface area contributed by atoms with Gasteiger partial charge in [-0.05, 0) is 13.0 Å². The maximum atomic E-state index is 11.9. The molecule has 0 atom stereocenters. The summed E-state index contributed by atoms with van der Waals surface area (Å²) in [5.41, 5.74) is 1.44. The second-order valence-corrected chi connectivity index (χ2v) is 5.18. The fraction of sp³-hybridized carbons (Fsp3) is 0.167. The van der Waals surface area contributed by atoms with Crippen LogP contribution in [0.5, 0.6) is 0 Å². The third kappa shape index (κ3) is 3.17. The molecule has 0 saturated heterocycles. The number of anilines is 1. The molecule has 0 spiro atoms. The van der Waals surface area contributed by atoms with E-state index >= 15 is 0 Å². The fourth-order valence-electron chi connectivity index (χ4n) is 1.23. The number of rotatable bonds is 2. The summed E-state index contributed by atoms with van der Waals surface area (Å²) in [5.74, 6) is 5.11. The van der Waals surface area contributed by atoms with Gasteiger partial charge in [0.1, 0.15) is 6.61 Å². The van der Waals surface area contributed by atoms with Crippen LogP contribution >= 0.6 is 22.7 Å². The van der Waals surface area contributed by atoms with E-state index in [9.17, 15) is 4.79 Å². The molecule has 0 aliphatic rings. The number of carbonyl (C=O) groups excluding carboxylic acids is 1. The molecule has 0 saturated carbocycles. The van der Waals surface area contributed by atoms with Crippen molar-refractivity contribution in [1.29, 1.82) is 0 Å². The minimum absolute atomic E-state index is 0.183. The first-order valence-electron chi connectivity index (χ1n) is 5.11. The summed E-state index contributed by atoms with van der Waals surface area (Å²) < 4.78 is 0. The number of aromatic nitrogens is 1. The summed E-state index contributed by atoms with van der Waals surface area (Å²) in [7, 11) is 0. The first kappa shape index (κ1) is 12.8. The van der Waals surface area contributed by atoms with Gasteiger partial charge in [-0.1, -0.05) is 11.8 Å². The summed E-state index contributed by atoms with van der Waals surface area (Å²) in [6.07, 6.45) is 0. The molecule has 2 aromatic heterocycles. The van der Waals surface area contributed by atoms with Crippen LogP contribution in [-0.4, -0.2) is 22.6 Å². The van der Waals surface area contributed by atoms with E-state index in [1.165, 1.54) is 22.7 Å². The molecule has 0 radical (unpaired) electrons. The van der Waals surface area contributed by atoms with Gasteiger partial charge >= 0.3 is 0 Å². The highest BCUT2D eigenvalue weighted by molar-refractivity contribution is 7.14. The van der Waals surface area contributed by atoms with E-state index in [0.717, 1.165) is 10.6 Å². The molecule has 2 rings (SSSR count). The van der Waals surface area contributed by atoms with Gasteiger partial charge in [-0.15, -0.1) is 22.7 Å². The van der Waals surface area contributed by atoms with E-state index in [2.05, 4.69) is 22.1 Å². The second kappa shape index (κ2) is 5.78. The molecule has 2 N–H and O–H groups in total. The van der Waals surface area contributed by atoms with Gasteiger partial charge in [-0.25, -0.2) is 4.98 Å². The van der Waals surface area contributed by atoms with Gasteiger partial charge in [0.2, 0.25) is 0 Å². The highest BCUT2D eigenvalue weighted by Gasteiger charge is 2.10. The van der Waals surface area contributed by atoms with Crippen LogP contribution in [0.25, 0.3) is 0 Å². The maximum Gasteiger partial charge on any atom is 0.258 e. The van der Waals surface area contributed by atoms with Crippen LogP contribution in [0.4, 0.5) is 5.13 Å². The van der Waals surface area contributed by atoms with Crippen LogP contribution in [0.1, 0.15) is 20.9 Å². The van der Waals surface area contributed by atoms with Crippen LogP contribution in [0.3, 0.4) is 0 Å². The molecule has 2 heterocycles. The van der Waals surface area contributed by atoms with Crippen LogP contribution in [-0.2, 0) is 0 Å². The van der Waals surface area contributed by atoms with Gasteiger partial charge in [0.05, 0.1) is 16.1 Å². The Bertz CT molecular complexity index is 619. The summed E-state index contributed by atoms with van der Waals surface area (Å²) in [6, 6.07) is 1.70. The van der Waals surface area contributed by atoms with Gasteiger partial charge in [0.25, 0.3) is 5.91 Å². The van der Waals surface area contributed by atoms with Crippen molar-refractivity contribution in [3.8, 4) is 11.8 Å². The molecule has 4 nitrogen and oxygen atoms in total. The van der Waals surface area contributed by atoms with Crippen molar-refractivity contribution in [2.45, 2.75) is 6.92 Å². The van der Waals surface area contributed by atoms with Crippen molar-refractivity contribution in [3.05, 3.63) is 33.0 Å². The normalized spacial score (nSPS) is 9.67. The first-order chi connectivity index (χ1) is 8.69. The summed E-state index contributed by atoms with van der Waals surface area (Å²) >= 11 is 2.76. The van der Waals surface area contributed by atoms with E-state index in [1.807, 2.05) is 12.3 Å². The highest BCUT2D eigenvalue weighted by atomic mass is 32.1. The molecule has 1 amide bonds. The van der Waals surface area contributed by atoms with Crippen molar-refractivity contribution in [3.63, 3.8) is 0 Å². The van der Waals surface area contributed by atoms with E-state index in [0.29, 0.717) is 10.7 Å². The molecule has 0 bridgehead atoms. The summed E-state index contributed by atoms with van der Waals surface area (Å²) in [6.45, 7) is 1.69. The molecular weight excluding hydrogens is 268 g/mol. The minimum atomic E-state index is -0.197. The van der Waals surface area contributed by atoms with Crippen molar-refractivity contribution < 1.29 is 9.90 Å². The van der Waals surface area contributed by atoms with Gasteiger partial charge in [0.15, 0.2) is 5.13 Å². The lowest BCUT2D eigenvalue weighted by Crippen LogP contribution is -2.10. The first-order valence-corrected chi connectivity index (χ1v) is 6.86. The minimum Gasteiger partial charge on any atom is -0.384 e. The Hall–Kier alpha value is -1.68. The molecule has 18 heavy (non-hydrogen) atoms. The topological polar surface area (TPSA) is 62.2 Å². The zero-order valence-electron chi connectivity index (χ0n) is 9.56. The number of thiazole rings is 1. The third-order valence-corrected chi connectivity index (χ3v) is 3.71. The van der Waals surface area contributed by atoms with Crippen molar-refractivity contribution in [1.82, 2.24) is 4.98 Å². The monoisotopic (exact) mass is 278 g/mol. The molecule has 0 fully saturated rings. The van der Waals surface area contributed by atoms with Crippen molar-refractivity contribution in [2.75, 3.05) is 11.9 Å². The van der Waals surface area contributed by atoms with E-state index < -0.39 is 0 Å². The number of aliphatic hydroxyl groups is 1. The Morgan fingerprint density at radius 1 is 1.50 bits per heavy atom. The van der Waals surface area contributed by atoms with E-state index in [-0.39, 0.29) is 12.5 Å². The number of nitrogens with one attached hydrogen (secondary N) is 1. The smallest absolute Gasteiger partial charge is 0.258 e. The number of carbonyl (C=O) groups is 1. The van der Waals surface area contributed by atoms with Crippen LogP contribution in [0, 0.1) is 18.8 Å². The zero-order chi connectivity index (χ0) is 13.0. The number of nitrogens with zero attached hydrogens (tertiary/aromatic N) is 1. The Labute approximate surface area is 112 Å². The quantitative estimate of drug-likeness (QED) is 0.827. The Balaban J connectivity index is 2.07. The fourth-order valence-corrected chi connectivity index (χ4v) is 2.67. The van der Waals surface area contributed by atoms with Crippen molar-refractivity contribution in [2.24, 2.45) is 0 Å². The Morgan fingerprint density at radius 3 is 3.00 bits per heavy atom. The van der Waals surface area contributed by atoms with E-state index in [1.54, 1.807) is 11.4 Å². The molecule has 2 aromatic rings. The van der Waals surface area contributed by atoms with Crippen LogP contribution in [0.2, 0.25) is 0 Å². The summed E-state index contributed by atoms with van der Waals surface area (Å²) in [5, 5.41) is 15.5. The molecule has 0 aliphatic heterocycles. The molecule has 0 aliphatic carbocycles. The number of amides is 1. The van der Waals surface area contributed by atoms with Crippen LogP contribution in [0.15, 0.2) is 16.8 Å². The van der Waals surface area contributed by atoms with Crippen molar-refractivity contribution >= 4 is 33.7 Å². The lowest BCUT2D eigenvalue weighted by molar-refractivity contribution is 0.102. The van der Waals surface area contributed by atoms with Gasteiger partial charge in [-0.3, -0.25) is 10.1 Å². The lowest BCUT2D eigenvalue weighted by Gasteiger charge is -1.97. The lowest BCUT2D eigenvalue weighted by atomic mass is 10.3. The molecule has 92 valence electrons. The van der Waals surface area contributed by atoms with E-state index in [4.69, 9.17) is 5.11 Å². The Kier molecular flexibility index (Phi) is 4.10. The predicted octanol–water partition coefficient (Wildman–Crippen LogP) is 2.11. The highest BCUT2D eigenvalue weighted by Crippen LogP contribution is 2.18. The van der Waals surface area contributed by atoms with Crippen LogP contribution < -0.4 is 5.32 Å². The number of aliphatic hydroxyl groups excluding tert-OH is 1. The summed E-state index contributed by atoms with van der Waals surface area (Å²) in [4.78, 5) is 16.8. The number of hydrogen-bond donors (Lipinski definition) is 2. The average molecular weight is 278 g/mol.